The van der Waals surface area contributed by atoms with E-state index in [1.54, 1.807) is 43.3 Å². The topological polar surface area (TPSA) is 70.9 Å². The van der Waals surface area contributed by atoms with E-state index >= 15 is 0 Å². The molecule has 114 valence electrons. The molecule has 0 bridgehead atoms. The molecule has 0 spiro atoms. The predicted octanol–water partition coefficient (Wildman–Crippen LogP) is 3.07. The van der Waals surface area contributed by atoms with Crippen LogP contribution in [0.25, 0.3) is 0 Å². The SMILES string of the molecule is C[C@@H](Oc1ccc(Br)cc1)C(=O)N/N=C\c1ccccc1O. The number of carbonyl (C=O) groups excluding carboxylic acids is 1. The van der Waals surface area contributed by atoms with Gasteiger partial charge >= 0.3 is 0 Å². The number of benzene rings is 2. The predicted molar refractivity (Wildman–Crippen MR) is 88.1 cm³/mol. The number of rotatable bonds is 5. The molecule has 0 saturated carbocycles. The van der Waals surface area contributed by atoms with Gasteiger partial charge in [-0.3, -0.25) is 4.79 Å². The first-order valence-corrected chi connectivity index (χ1v) is 7.38. The average molecular weight is 363 g/mol. The maximum Gasteiger partial charge on any atom is 0.280 e. The highest BCUT2D eigenvalue weighted by atomic mass is 79.9. The van der Waals surface area contributed by atoms with E-state index in [1.807, 2.05) is 12.1 Å². The molecular formula is C16H15BrN2O3. The highest BCUT2D eigenvalue weighted by Crippen LogP contribution is 2.17. The Balaban J connectivity index is 1.89. The molecule has 0 aliphatic carbocycles. The monoisotopic (exact) mass is 362 g/mol. The summed E-state index contributed by atoms with van der Waals surface area (Å²) in [5.74, 6) is 0.310. The molecule has 6 heteroatoms. The van der Waals surface area contributed by atoms with Gasteiger partial charge in [0.05, 0.1) is 6.21 Å². The fraction of sp³-hybridized carbons (Fsp3) is 0.125. The van der Waals surface area contributed by atoms with Gasteiger partial charge in [-0.15, -0.1) is 0 Å². The molecule has 1 amide bonds. The van der Waals surface area contributed by atoms with Gasteiger partial charge in [-0.05, 0) is 43.3 Å². The number of nitrogens with one attached hydrogen (secondary N) is 1. The van der Waals surface area contributed by atoms with E-state index in [9.17, 15) is 9.90 Å². The number of phenolic OH excluding ortho intramolecular Hbond substituents is 1. The zero-order valence-corrected chi connectivity index (χ0v) is 13.4. The van der Waals surface area contributed by atoms with Gasteiger partial charge in [0.2, 0.25) is 0 Å². The number of hydrazone groups is 1. The van der Waals surface area contributed by atoms with Gasteiger partial charge in [-0.2, -0.15) is 5.10 Å². The second-order valence-corrected chi connectivity index (χ2v) is 5.42. The Morgan fingerprint density at radius 3 is 2.64 bits per heavy atom. The molecule has 5 nitrogen and oxygen atoms in total. The van der Waals surface area contributed by atoms with Gasteiger partial charge in [0, 0.05) is 10.0 Å². The molecule has 0 aliphatic rings. The summed E-state index contributed by atoms with van der Waals surface area (Å²) in [4.78, 5) is 11.9. The van der Waals surface area contributed by atoms with Crippen LogP contribution >= 0.6 is 15.9 Å². The molecule has 2 aromatic carbocycles. The van der Waals surface area contributed by atoms with Crippen LogP contribution in [0.4, 0.5) is 0 Å². The van der Waals surface area contributed by atoms with E-state index in [2.05, 4.69) is 26.5 Å². The fourth-order valence-corrected chi connectivity index (χ4v) is 1.89. The number of para-hydroxylation sites is 1. The van der Waals surface area contributed by atoms with Gasteiger partial charge < -0.3 is 9.84 Å². The fourth-order valence-electron chi connectivity index (χ4n) is 1.62. The summed E-state index contributed by atoms with van der Waals surface area (Å²) in [6.45, 7) is 1.63. The van der Waals surface area contributed by atoms with Crippen LogP contribution < -0.4 is 10.2 Å². The van der Waals surface area contributed by atoms with Gasteiger partial charge in [0.15, 0.2) is 6.10 Å². The van der Waals surface area contributed by atoms with E-state index in [1.165, 1.54) is 6.21 Å². The summed E-state index contributed by atoms with van der Waals surface area (Å²) in [6, 6.07) is 13.9. The molecule has 0 aromatic heterocycles. The molecule has 2 aromatic rings. The van der Waals surface area contributed by atoms with E-state index in [-0.39, 0.29) is 11.7 Å². The van der Waals surface area contributed by atoms with Crippen molar-refractivity contribution in [2.45, 2.75) is 13.0 Å². The largest absolute Gasteiger partial charge is 0.507 e. The highest BCUT2D eigenvalue weighted by molar-refractivity contribution is 9.10. The first-order chi connectivity index (χ1) is 10.6. The summed E-state index contributed by atoms with van der Waals surface area (Å²) in [6.07, 6.45) is 0.683. The summed E-state index contributed by atoms with van der Waals surface area (Å²) >= 11 is 3.33. The zero-order chi connectivity index (χ0) is 15.9. The number of hydrogen-bond acceptors (Lipinski definition) is 4. The second-order valence-electron chi connectivity index (χ2n) is 4.51. The number of phenols is 1. The number of ether oxygens (including phenoxy) is 1. The molecule has 0 radical (unpaired) electrons. The quantitative estimate of drug-likeness (QED) is 0.634. The lowest BCUT2D eigenvalue weighted by Gasteiger charge is -2.12. The maximum atomic E-state index is 11.9. The Morgan fingerprint density at radius 1 is 1.27 bits per heavy atom. The van der Waals surface area contributed by atoms with Crippen molar-refractivity contribution < 1.29 is 14.6 Å². The van der Waals surface area contributed by atoms with Crippen molar-refractivity contribution in [3.05, 3.63) is 58.6 Å². The zero-order valence-electron chi connectivity index (χ0n) is 11.9. The normalized spacial score (nSPS) is 12.1. The molecule has 0 unspecified atom stereocenters. The number of hydrogen-bond donors (Lipinski definition) is 2. The molecule has 0 heterocycles. The summed E-state index contributed by atoms with van der Waals surface area (Å²) in [5.41, 5.74) is 2.89. The van der Waals surface area contributed by atoms with Gasteiger partial charge in [0.25, 0.3) is 5.91 Å². The van der Waals surface area contributed by atoms with Crippen molar-refractivity contribution in [2.24, 2.45) is 5.10 Å². The minimum atomic E-state index is -0.692. The molecule has 0 saturated heterocycles. The highest BCUT2D eigenvalue weighted by Gasteiger charge is 2.13. The number of aromatic hydroxyl groups is 1. The number of halogens is 1. The first kappa shape index (κ1) is 16.0. The molecule has 2 N–H and O–H groups in total. The lowest BCUT2D eigenvalue weighted by atomic mass is 10.2. The van der Waals surface area contributed by atoms with Crippen LogP contribution in [0.5, 0.6) is 11.5 Å². The lowest BCUT2D eigenvalue weighted by Crippen LogP contribution is -2.33. The van der Waals surface area contributed by atoms with Crippen LogP contribution in [0.15, 0.2) is 58.1 Å². The molecular weight excluding hydrogens is 348 g/mol. The summed E-state index contributed by atoms with van der Waals surface area (Å²) in [7, 11) is 0. The van der Waals surface area contributed by atoms with Gasteiger partial charge in [-0.25, -0.2) is 5.43 Å². The third-order valence-electron chi connectivity index (χ3n) is 2.81. The molecule has 2 rings (SSSR count). The van der Waals surface area contributed by atoms with Crippen LogP contribution in [0.2, 0.25) is 0 Å². The molecule has 0 aliphatic heterocycles. The van der Waals surface area contributed by atoms with Gasteiger partial charge in [0.1, 0.15) is 11.5 Å². The Hall–Kier alpha value is -2.34. The average Bonchev–Trinajstić information content (AvgIpc) is 2.51. The van der Waals surface area contributed by atoms with Crippen LogP contribution in [-0.4, -0.2) is 23.3 Å². The molecule has 1 atom stereocenters. The summed E-state index contributed by atoms with van der Waals surface area (Å²) < 4.78 is 6.44. The summed E-state index contributed by atoms with van der Waals surface area (Å²) in [5, 5.41) is 13.4. The first-order valence-electron chi connectivity index (χ1n) is 6.59. The Labute approximate surface area is 136 Å². The lowest BCUT2D eigenvalue weighted by molar-refractivity contribution is -0.127. The van der Waals surface area contributed by atoms with Crippen molar-refractivity contribution in [3.8, 4) is 11.5 Å². The maximum absolute atomic E-state index is 11.9. The van der Waals surface area contributed by atoms with Crippen molar-refractivity contribution in [1.29, 1.82) is 0 Å². The number of nitrogens with zero attached hydrogens (tertiary/aromatic N) is 1. The van der Waals surface area contributed by atoms with Crippen LogP contribution in [0.3, 0.4) is 0 Å². The Morgan fingerprint density at radius 2 is 1.95 bits per heavy atom. The Kier molecular flexibility index (Phi) is 5.55. The van der Waals surface area contributed by atoms with Crippen molar-refractivity contribution in [2.75, 3.05) is 0 Å². The standard InChI is InChI=1S/C16H15BrN2O3/c1-11(22-14-8-6-13(17)7-9-14)16(21)19-18-10-12-4-2-3-5-15(12)20/h2-11,20H,1H3,(H,19,21)/b18-10-/t11-/m1/s1. The second kappa shape index (κ2) is 7.61. The third-order valence-corrected chi connectivity index (χ3v) is 3.34. The third kappa shape index (κ3) is 4.60. The number of carbonyl (C=O) groups is 1. The van der Waals surface area contributed by atoms with E-state index in [0.717, 1.165) is 4.47 Å². The Bertz CT molecular complexity index is 671. The minimum absolute atomic E-state index is 0.0969. The smallest absolute Gasteiger partial charge is 0.280 e. The van der Waals surface area contributed by atoms with E-state index < -0.39 is 6.10 Å². The molecule has 0 fully saturated rings. The molecule has 22 heavy (non-hydrogen) atoms. The van der Waals surface area contributed by atoms with Crippen molar-refractivity contribution in [1.82, 2.24) is 5.43 Å². The van der Waals surface area contributed by atoms with E-state index in [4.69, 9.17) is 4.74 Å². The van der Waals surface area contributed by atoms with Crippen LogP contribution in [-0.2, 0) is 4.79 Å². The van der Waals surface area contributed by atoms with Crippen LogP contribution in [0, 0.1) is 0 Å². The van der Waals surface area contributed by atoms with Crippen LogP contribution in [0.1, 0.15) is 12.5 Å². The van der Waals surface area contributed by atoms with Gasteiger partial charge in [-0.1, -0.05) is 28.1 Å². The number of amides is 1. The van der Waals surface area contributed by atoms with E-state index in [0.29, 0.717) is 11.3 Å². The van der Waals surface area contributed by atoms with Crippen molar-refractivity contribution in [3.63, 3.8) is 0 Å². The minimum Gasteiger partial charge on any atom is -0.507 e. The van der Waals surface area contributed by atoms with Crippen molar-refractivity contribution >= 4 is 28.1 Å².